The number of ether oxygens (including phenoxy) is 2. The molecule has 65 heavy (non-hydrogen) atoms. The summed E-state index contributed by atoms with van der Waals surface area (Å²) < 4.78 is 34.5. The minimum Gasteiger partial charge on any atom is -0.462 e. The minimum atomic E-state index is -4.38. The predicted molar refractivity (Wildman–Crippen MR) is 275 cm³/mol. The van der Waals surface area contributed by atoms with Crippen molar-refractivity contribution in [2.75, 3.05) is 47.5 Å². The van der Waals surface area contributed by atoms with Crippen LogP contribution in [0.25, 0.3) is 0 Å². The molecule has 0 aliphatic heterocycles. The molecule has 0 rings (SSSR count). The zero-order valence-corrected chi connectivity index (χ0v) is 44.6. The summed E-state index contributed by atoms with van der Waals surface area (Å²) in [6, 6.07) is 0. The van der Waals surface area contributed by atoms with Gasteiger partial charge >= 0.3 is 19.8 Å². The van der Waals surface area contributed by atoms with Crippen molar-refractivity contribution in [2.45, 2.75) is 283 Å². The van der Waals surface area contributed by atoms with Gasteiger partial charge < -0.3 is 18.9 Å². The molecule has 0 heterocycles. The molecule has 0 radical (unpaired) electrons. The van der Waals surface area contributed by atoms with Gasteiger partial charge in [-0.15, -0.1) is 0 Å². The topological polar surface area (TPSA) is 108 Å². The van der Waals surface area contributed by atoms with Crippen LogP contribution in [0.2, 0.25) is 0 Å². The van der Waals surface area contributed by atoms with E-state index in [0.717, 1.165) is 51.4 Å². The summed E-state index contributed by atoms with van der Waals surface area (Å²) in [5.74, 6) is -0.793. The number of allylic oxidation sites excluding steroid dienone is 2. The lowest BCUT2D eigenvalue weighted by atomic mass is 10.0. The summed E-state index contributed by atoms with van der Waals surface area (Å²) in [4.78, 5) is 35.5. The van der Waals surface area contributed by atoms with E-state index in [1.54, 1.807) is 0 Å². The highest BCUT2D eigenvalue weighted by atomic mass is 31.2. The molecule has 2 atom stereocenters. The molecule has 0 aromatic rings. The molecule has 9 nitrogen and oxygen atoms in total. The SMILES string of the molecule is CCCCCC/C=C\CCCCCCCC(=O)OC(COC(=O)CCCCCCCCCCCCCCCCCCCCCCCCCCCCCC)COP(=O)(O)OCC[N+](C)(C)C. The fourth-order valence-electron chi connectivity index (χ4n) is 8.19. The van der Waals surface area contributed by atoms with Gasteiger partial charge in [-0.3, -0.25) is 18.6 Å². The Morgan fingerprint density at radius 2 is 0.785 bits per heavy atom. The number of rotatable bonds is 52. The number of carbonyl (C=O) groups excluding carboxylic acids is 2. The summed E-state index contributed by atoms with van der Waals surface area (Å²) in [6.45, 7) is 4.45. The Labute approximate surface area is 403 Å². The van der Waals surface area contributed by atoms with Crippen molar-refractivity contribution in [3.63, 3.8) is 0 Å². The monoisotopic (exact) mass is 943 g/mol. The summed E-state index contributed by atoms with van der Waals surface area (Å²) >= 11 is 0. The minimum absolute atomic E-state index is 0.0335. The fourth-order valence-corrected chi connectivity index (χ4v) is 8.93. The number of esters is 2. The molecule has 0 fully saturated rings. The van der Waals surface area contributed by atoms with Crippen LogP contribution in [0.15, 0.2) is 12.2 Å². The molecule has 10 heteroatoms. The lowest BCUT2D eigenvalue weighted by Crippen LogP contribution is -2.37. The van der Waals surface area contributed by atoms with Gasteiger partial charge in [0.2, 0.25) is 0 Å². The van der Waals surface area contributed by atoms with Crippen molar-refractivity contribution in [2.24, 2.45) is 0 Å². The number of hydrogen-bond acceptors (Lipinski definition) is 7. The van der Waals surface area contributed by atoms with Gasteiger partial charge in [0, 0.05) is 12.8 Å². The molecule has 1 N–H and O–H groups in total. The van der Waals surface area contributed by atoms with Crippen molar-refractivity contribution in [1.82, 2.24) is 0 Å². The normalized spacial score (nSPS) is 13.4. The van der Waals surface area contributed by atoms with Crippen LogP contribution in [0.4, 0.5) is 0 Å². The second kappa shape index (κ2) is 47.8. The van der Waals surface area contributed by atoms with Gasteiger partial charge in [-0.2, -0.15) is 0 Å². The molecular weight excluding hydrogens is 834 g/mol. The Morgan fingerprint density at radius 3 is 1.15 bits per heavy atom. The third kappa shape index (κ3) is 52.0. The van der Waals surface area contributed by atoms with Gasteiger partial charge in [0.05, 0.1) is 27.7 Å². The first-order valence-corrected chi connectivity index (χ1v) is 29.4. The van der Waals surface area contributed by atoms with Gasteiger partial charge in [-0.05, 0) is 38.5 Å². The highest BCUT2D eigenvalue weighted by Gasteiger charge is 2.27. The van der Waals surface area contributed by atoms with Gasteiger partial charge in [0.15, 0.2) is 6.10 Å². The molecule has 2 unspecified atom stereocenters. The number of nitrogens with zero attached hydrogens (tertiary/aromatic N) is 1. The smallest absolute Gasteiger partial charge is 0.462 e. The lowest BCUT2D eigenvalue weighted by molar-refractivity contribution is -0.870. The third-order valence-electron chi connectivity index (χ3n) is 12.5. The molecule has 0 saturated carbocycles. The maximum atomic E-state index is 12.7. The summed E-state index contributed by atoms with van der Waals surface area (Å²) in [7, 11) is 1.49. The van der Waals surface area contributed by atoms with Gasteiger partial charge in [-0.1, -0.05) is 238 Å². The van der Waals surface area contributed by atoms with Gasteiger partial charge in [0.1, 0.15) is 19.8 Å². The predicted octanol–water partition coefficient (Wildman–Crippen LogP) is 16.9. The van der Waals surface area contributed by atoms with E-state index in [-0.39, 0.29) is 25.6 Å². The standard InChI is InChI=1S/C55H108NO8P/c1-6-8-10-12-14-16-18-20-21-22-23-24-25-26-27-28-29-30-31-32-33-34-36-37-39-41-43-45-47-54(57)61-51-53(52-63-65(59,60)62-50-49-56(3,4)5)64-55(58)48-46-44-42-40-38-35-19-17-15-13-11-9-7-2/h17,19,53H,6-16,18,20-52H2,1-5H3/p+1/b19-17-. The van der Waals surface area contributed by atoms with Crippen LogP contribution in [0.5, 0.6) is 0 Å². The van der Waals surface area contributed by atoms with Crippen LogP contribution in [0.3, 0.4) is 0 Å². The van der Waals surface area contributed by atoms with Gasteiger partial charge in [0.25, 0.3) is 0 Å². The van der Waals surface area contributed by atoms with Crippen molar-refractivity contribution >= 4 is 19.8 Å². The highest BCUT2D eigenvalue weighted by molar-refractivity contribution is 7.47. The maximum Gasteiger partial charge on any atom is 0.472 e. The van der Waals surface area contributed by atoms with Crippen LogP contribution >= 0.6 is 7.82 Å². The zero-order chi connectivity index (χ0) is 47.8. The quantitative estimate of drug-likeness (QED) is 0.0211. The summed E-state index contributed by atoms with van der Waals surface area (Å²) in [5, 5.41) is 0. The number of hydrogen-bond donors (Lipinski definition) is 1. The van der Waals surface area contributed by atoms with E-state index in [9.17, 15) is 19.0 Å². The lowest BCUT2D eigenvalue weighted by Gasteiger charge is -2.24. The summed E-state index contributed by atoms with van der Waals surface area (Å²) in [6.07, 6.45) is 54.3. The van der Waals surface area contributed by atoms with E-state index in [4.69, 9.17) is 18.5 Å². The van der Waals surface area contributed by atoms with Crippen LogP contribution in [0.1, 0.15) is 277 Å². The van der Waals surface area contributed by atoms with E-state index in [0.29, 0.717) is 23.9 Å². The average molecular weight is 943 g/mol. The number of carbonyl (C=O) groups is 2. The van der Waals surface area contributed by atoms with Crippen molar-refractivity contribution < 1.29 is 42.1 Å². The van der Waals surface area contributed by atoms with Crippen molar-refractivity contribution in [1.29, 1.82) is 0 Å². The third-order valence-corrected chi connectivity index (χ3v) is 13.5. The molecule has 0 aromatic heterocycles. The molecule has 0 saturated heterocycles. The van der Waals surface area contributed by atoms with E-state index >= 15 is 0 Å². The molecule has 0 amide bonds. The number of likely N-dealkylation sites (N-methyl/N-ethyl adjacent to an activating group) is 1. The number of phosphoric ester groups is 1. The zero-order valence-electron chi connectivity index (χ0n) is 43.8. The Balaban J connectivity index is 4.02. The first-order chi connectivity index (χ1) is 31.5. The Kier molecular flexibility index (Phi) is 46.9. The largest absolute Gasteiger partial charge is 0.472 e. The molecule has 0 bridgehead atoms. The van der Waals surface area contributed by atoms with Crippen LogP contribution in [-0.4, -0.2) is 74.9 Å². The maximum absolute atomic E-state index is 12.7. The second-order valence-electron chi connectivity index (χ2n) is 20.3. The second-order valence-corrected chi connectivity index (χ2v) is 21.8. The van der Waals surface area contributed by atoms with E-state index < -0.39 is 26.5 Å². The number of phosphoric acid groups is 1. The molecule has 386 valence electrons. The van der Waals surface area contributed by atoms with E-state index in [1.807, 2.05) is 21.1 Å². The van der Waals surface area contributed by atoms with Gasteiger partial charge in [-0.25, -0.2) is 4.57 Å². The van der Waals surface area contributed by atoms with Crippen LogP contribution in [-0.2, 0) is 32.7 Å². The first-order valence-electron chi connectivity index (χ1n) is 27.9. The first kappa shape index (κ1) is 63.8. The van der Waals surface area contributed by atoms with Crippen molar-refractivity contribution in [3.05, 3.63) is 12.2 Å². The Hall–Kier alpha value is -1.25. The fraction of sp³-hybridized carbons (Fsp3) is 0.927. The van der Waals surface area contributed by atoms with Crippen LogP contribution < -0.4 is 0 Å². The van der Waals surface area contributed by atoms with E-state index in [1.165, 1.54) is 193 Å². The van der Waals surface area contributed by atoms with Crippen molar-refractivity contribution in [3.8, 4) is 0 Å². The number of quaternary nitrogens is 1. The van der Waals surface area contributed by atoms with Crippen LogP contribution in [0, 0.1) is 0 Å². The molecule has 0 spiro atoms. The molecule has 0 aromatic carbocycles. The average Bonchev–Trinajstić information content (AvgIpc) is 3.26. The molecule has 0 aliphatic carbocycles. The summed E-state index contributed by atoms with van der Waals surface area (Å²) in [5.41, 5.74) is 0. The highest BCUT2D eigenvalue weighted by Crippen LogP contribution is 2.43. The Bertz CT molecular complexity index is 1110. The molecule has 0 aliphatic rings. The Morgan fingerprint density at radius 1 is 0.462 bits per heavy atom. The van der Waals surface area contributed by atoms with E-state index in [2.05, 4.69) is 26.0 Å². The molecular formula is C55H109NO8P+. The number of unbranched alkanes of at least 4 members (excludes halogenated alkanes) is 36.